The summed E-state index contributed by atoms with van der Waals surface area (Å²) in [4.78, 5) is 32.2. The largest absolute Gasteiger partial charge is 0.459 e. The van der Waals surface area contributed by atoms with Crippen LogP contribution < -0.4 is 0 Å². The molecule has 8 nitrogen and oxygen atoms in total. The number of esters is 2. The fourth-order valence-electron chi connectivity index (χ4n) is 2.02. The molecule has 2 N–H and O–H groups in total. The van der Waals surface area contributed by atoms with Crippen LogP contribution in [0.4, 0.5) is 0 Å². The van der Waals surface area contributed by atoms with E-state index in [1.165, 1.54) is 0 Å². The first-order chi connectivity index (χ1) is 8.86. The normalized spacial score (nSPS) is 34.2. The van der Waals surface area contributed by atoms with E-state index in [0.29, 0.717) is 0 Å². The lowest BCUT2D eigenvalue weighted by atomic mass is 9.87. The number of aliphatic hydroxyl groups excluding tert-OH is 2. The number of hydrogen-bond acceptors (Lipinski definition) is 8. The van der Waals surface area contributed by atoms with Gasteiger partial charge in [-0.15, -0.1) is 0 Å². The predicted octanol–water partition coefficient (Wildman–Crippen LogP) is -1.48. The van der Waals surface area contributed by atoms with Gasteiger partial charge in [-0.25, -0.2) is 0 Å². The fourth-order valence-corrected chi connectivity index (χ4v) is 2.02. The maximum absolute atomic E-state index is 10.9. The molecule has 0 aliphatic heterocycles. The monoisotopic (exact) mass is 276 g/mol. The molecule has 1 unspecified atom stereocenters. The van der Waals surface area contributed by atoms with Crippen LogP contribution in [0.15, 0.2) is 0 Å². The van der Waals surface area contributed by atoms with E-state index in [1.54, 1.807) is 0 Å². The maximum Gasteiger partial charge on any atom is 0.302 e. The van der Waals surface area contributed by atoms with Crippen molar-refractivity contribution in [2.45, 2.75) is 50.8 Å². The highest BCUT2D eigenvalue weighted by Crippen LogP contribution is 2.27. The van der Waals surface area contributed by atoms with Crippen LogP contribution >= 0.6 is 0 Å². The zero-order chi connectivity index (χ0) is 14.6. The van der Waals surface area contributed by atoms with Crippen LogP contribution in [0.3, 0.4) is 0 Å². The zero-order valence-corrected chi connectivity index (χ0v) is 10.5. The van der Waals surface area contributed by atoms with Gasteiger partial charge in [0.25, 0.3) is 6.47 Å². The lowest BCUT2D eigenvalue weighted by Crippen LogP contribution is -2.58. The Morgan fingerprint density at radius 1 is 1.05 bits per heavy atom. The van der Waals surface area contributed by atoms with Gasteiger partial charge < -0.3 is 24.4 Å². The third-order valence-electron chi connectivity index (χ3n) is 2.75. The van der Waals surface area contributed by atoms with E-state index in [-0.39, 0.29) is 12.9 Å². The van der Waals surface area contributed by atoms with Gasteiger partial charge in [0.15, 0.2) is 6.10 Å². The van der Waals surface area contributed by atoms with Gasteiger partial charge in [-0.3, -0.25) is 14.4 Å². The molecule has 0 aromatic rings. The maximum atomic E-state index is 10.9. The van der Waals surface area contributed by atoms with Crippen molar-refractivity contribution in [3.05, 3.63) is 0 Å². The molecule has 0 spiro atoms. The molecule has 0 saturated heterocycles. The smallest absolute Gasteiger partial charge is 0.302 e. The third-order valence-corrected chi connectivity index (χ3v) is 2.75. The van der Waals surface area contributed by atoms with Crippen LogP contribution in [0, 0.1) is 0 Å². The number of hydrogen-bond donors (Lipinski definition) is 2. The van der Waals surface area contributed by atoms with E-state index >= 15 is 0 Å². The molecule has 1 aliphatic rings. The quantitative estimate of drug-likeness (QED) is 0.362. The molecule has 0 heterocycles. The highest BCUT2D eigenvalue weighted by atomic mass is 16.6. The molecule has 1 fully saturated rings. The van der Waals surface area contributed by atoms with E-state index in [0.717, 1.165) is 13.8 Å². The molecular weight excluding hydrogens is 260 g/mol. The average Bonchev–Trinajstić information content (AvgIpc) is 2.29. The van der Waals surface area contributed by atoms with Gasteiger partial charge in [-0.1, -0.05) is 0 Å². The van der Waals surface area contributed by atoms with Crippen LogP contribution in [0.5, 0.6) is 0 Å². The molecule has 1 rings (SSSR count). The zero-order valence-electron chi connectivity index (χ0n) is 10.5. The molecule has 5 atom stereocenters. The van der Waals surface area contributed by atoms with E-state index < -0.39 is 42.5 Å². The first-order valence-corrected chi connectivity index (χ1v) is 5.66. The van der Waals surface area contributed by atoms with Crippen molar-refractivity contribution in [1.82, 2.24) is 0 Å². The second-order valence-electron chi connectivity index (χ2n) is 4.21. The number of aliphatic hydroxyl groups is 2. The average molecular weight is 276 g/mol. The summed E-state index contributed by atoms with van der Waals surface area (Å²) >= 11 is 0. The Morgan fingerprint density at radius 2 is 1.47 bits per heavy atom. The Balaban J connectivity index is 2.87. The standard InChI is InChI=1S/C11H16O8/c1-5(13)18-7-3-8(19-6(2)14)10(16)11(9(7)15)17-4-12/h4,7-11,15-16H,3H2,1-2H3/t7-,8+,9-,10-,11?/m1/s1. The minimum atomic E-state index is -1.39. The fraction of sp³-hybridized carbons (Fsp3) is 0.727. The summed E-state index contributed by atoms with van der Waals surface area (Å²) in [5.41, 5.74) is 0. The van der Waals surface area contributed by atoms with Crippen molar-refractivity contribution >= 4 is 18.4 Å². The first kappa shape index (κ1) is 15.4. The summed E-state index contributed by atoms with van der Waals surface area (Å²) in [5, 5.41) is 19.7. The predicted molar refractivity (Wildman–Crippen MR) is 58.7 cm³/mol. The molecule has 0 amide bonds. The molecule has 1 saturated carbocycles. The third kappa shape index (κ3) is 3.90. The lowest BCUT2D eigenvalue weighted by molar-refractivity contribution is -0.210. The second-order valence-corrected chi connectivity index (χ2v) is 4.21. The summed E-state index contributed by atoms with van der Waals surface area (Å²) in [7, 11) is 0. The van der Waals surface area contributed by atoms with Gasteiger partial charge in [0.1, 0.15) is 24.4 Å². The molecule has 1 aliphatic carbocycles. The molecule has 108 valence electrons. The number of ether oxygens (including phenoxy) is 3. The van der Waals surface area contributed by atoms with E-state index in [1.807, 2.05) is 0 Å². The summed E-state index contributed by atoms with van der Waals surface area (Å²) in [6.45, 7) is 2.35. The summed E-state index contributed by atoms with van der Waals surface area (Å²) in [6, 6.07) is 0. The number of carbonyl (C=O) groups excluding carboxylic acids is 3. The topological polar surface area (TPSA) is 119 Å². The van der Waals surface area contributed by atoms with Gasteiger partial charge in [-0.2, -0.15) is 0 Å². The van der Waals surface area contributed by atoms with Crippen LogP contribution in [-0.4, -0.2) is 59.1 Å². The van der Waals surface area contributed by atoms with E-state index in [4.69, 9.17) is 9.47 Å². The van der Waals surface area contributed by atoms with Gasteiger partial charge >= 0.3 is 11.9 Å². The Morgan fingerprint density at radius 3 is 1.79 bits per heavy atom. The van der Waals surface area contributed by atoms with Crippen LogP contribution in [-0.2, 0) is 28.6 Å². The lowest BCUT2D eigenvalue weighted by Gasteiger charge is -2.40. The minimum Gasteiger partial charge on any atom is -0.459 e. The van der Waals surface area contributed by atoms with Gasteiger partial charge in [0, 0.05) is 20.3 Å². The van der Waals surface area contributed by atoms with Crippen molar-refractivity contribution in [3.8, 4) is 0 Å². The summed E-state index contributed by atoms with van der Waals surface area (Å²) in [6.07, 6.45) is -6.27. The molecule has 0 bridgehead atoms. The van der Waals surface area contributed by atoms with Crippen molar-refractivity contribution in [2.24, 2.45) is 0 Å². The Hall–Kier alpha value is -1.67. The number of rotatable bonds is 4. The minimum absolute atomic E-state index is 0.0537. The molecule has 19 heavy (non-hydrogen) atoms. The Bertz CT molecular complexity index is 327. The summed E-state index contributed by atoms with van der Waals surface area (Å²) in [5.74, 6) is -1.29. The second kappa shape index (κ2) is 6.48. The van der Waals surface area contributed by atoms with Crippen LogP contribution in [0.25, 0.3) is 0 Å². The SMILES string of the molecule is CC(=O)O[C@H]1C[C@@H](OC(C)=O)[C@@H](O)C(OC=O)[C@@H]1O. The van der Waals surface area contributed by atoms with Crippen molar-refractivity contribution in [2.75, 3.05) is 0 Å². The summed E-state index contributed by atoms with van der Waals surface area (Å²) < 4.78 is 14.3. The molecule has 0 aromatic heterocycles. The highest BCUT2D eigenvalue weighted by Gasteiger charge is 2.48. The highest BCUT2D eigenvalue weighted by molar-refractivity contribution is 5.67. The van der Waals surface area contributed by atoms with Gasteiger partial charge in [-0.05, 0) is 0 Å². The molecular formula is C11H16O8. The first-order valence-electron chi connectivity index (χ1n) is 5.66. The van der Waals surface area contributed by atoms with Gasteiger partial charge in [0.05, 0.1) is 0 Å². The molecule has 8 heteroatoms. The molecule has 0 aromatic carbocycles. The van der Waals surface area contributed by atoms with Crippen molar-refractivity contribution in [3.63, 3.8) is 0 Å². The number of carbonyl (C=O) groups is 3. The van der Waals surface area contributed by atoms with Crippen molar-refractivity contribution < 1.29 is 38.8 Å². The van der Waals surface area contributed by atoms with Crippen LogP contribution in [0.2, 0.25) is 0 Å². The Kier molecular flexibility index (Phi) is 5.25. The van der Waals surface area contributed by atoms with Gasteiger partial charge in [0.2, 0.25) is 0 Å². The van der Waals surface area contributed by atoms with E-state index in [9.17, 15) is 24.6 Å². The molecule has 0 radical (unpaired) electrons. The van der Waals surface area contributed by atoms with Crippen molar-refractivity contribution in [1.29, 1.82) is 0 Å². The Labute approximate surface area is 109 Å². The van der Waals surface area contributed by atoms with Crippen LogP contribution in [0.1, 0.15) is 20.3 Å². The van der Waals surface area contributed by atoms with E-state index in [2.05, 4.69) is 4.74 Å².